The van der Waals surface area contributed by atoms with Crippen LogP contribution >= 0.6 is 11.6 Å². The SMILES string of the molecule is Cc1cc(C)c(CNC(=O)NC[C@@H](O)c2ccc(Cl)cc2)c(=O)[nH]1. The summed E-state index contributed by atoms with van der Waals surface area (Å²) in [6.45, 7) is 3.79. The number of rotatable bonds is 5. The van der Waals surface area contributed by atoms with Gasteiger partial charge in [-0.15, -0.1) is 0 Å². The summed E-state index contributed by atoms with van der Waals surface area (Å²) in [5.74, 6) is 0. The molecule has 1 aromatic carbocycles. The monoisotopic (exact) mass is 349 g/mol. The van der Waals surface area contributed by atoms with E-state index in [-0.39, 0.29) is 18.6 Å². The number of nitrogens with one attached hydrogen (secondary N) is 3. The van der Waals surface area contributed by atoms with Crippen molar-refractivity contribution in [2.45, 2.75) is 26.5 Å². The van der Waals surface area contributed by atoms with Gasteiger partial charge in [-0.25, -0.2) is 4.79 Å². The average Bonchev–Trinajstić information content (AvgIpc) is 2.52. The maximum atomic E-state index is 11.9. The maximum Gasteiger partial charge on any atom is 0.315 e. The molecule has 1 heterocycles. The molecule has 0 aliphatic heterocycles. The Morgan fingerprint density at radius 3 is 2.54 bits per heavy atom. The molecule has 2 rings (SSSR count). The predicted molar refractivity (Wildman–Crippen MR) is 93.2 cm³/mol. The van der Waals surface area contributed by atoms with Crippen LogP contribution in [0.1, 0.15) is 28.5 Å². The molecule has 0 aliphatic rings. The minimum atomic E-state index is -0.836. The van der Waals surface area contributed by atoms with Crippen molar-refractivity contribution >= 4 is 17.6 Å². The summed E-state index contributed by atoms with van der Waals surface area (Å²) < 4.78 is 0. The van der Waals surface area contributed by atoms with Crippen molar-refractivity contribution in [2.75, 3.05) is 6.54 Å². The summed E-state index contributed by atoms with van der Waals surface area (Å²) in [7, 11) is 0. The number of urea groups is 1. The van der Waals surface area contributed by atoms with E-state index in [9.17, 15) is 14.7 Å². The lowest BCUT2D eigenvalue weighted by molar-refractivity contribution is 0.173. The van der Waals surface area contributed by atoms with Crippen LogP contribution in [0.25, 0.3) is 0 Å². The highest BCUT2D eigenvalue weighted by Crippen LogP contribution is 2.15. The highest BCUT2D eigenvalue weighted by Gasteiger charge is 2.11. The molecule has 0 radical (unpaired) electrons. The van der Waals surface area contributed by atoms with Crippen LogP contribution < -0.4 is 16.2 Å². The Morgan fingerprint density at radius 1 is 1.25 bits per heavy atom. The fourth-order valence-corrected chi connectivity index (χ4v) is 2.45. The van der Waals surface area contributed by atoms with Gasteiger partial charge in [-0.3, -0.25) is 4.79 Å². The molecule has 0 spiro atoms. The fraction of sp³-hybridized carbons (Fsp3) is 0.294. The maximum absolute atomic E-state index is 11.9. The predicted octanol–water partition coefficient (Wildman–Crippen LogP) is 2.18. The number of aromatic nitrogens is 1. The first kappa shape index (κ1) is 18.0. The molecule has 128 valence electrons. The number of carbonyl (C=O) groups is 1. The lowest BCUT2D eigenvalue weighted by atomic mass is 10.1. The standard InChI is InChI=1S/C17H20ClN3O3/c1-10-7-11(2)21-16(23)14(10)8-19-17(24)20-9-15(22)12-3-5-13(18)6-4-12/h3-7,15,22H,8-9H2,1-2H3,(H,21,23)(H2,19,20,24)/t15-/m1/s1. The van der Waals surface area contributed by atoms with Crippen molar-refractivity contribution in [3.63, 3.8) is 0 Å². The first-order valence-electron chi connectivity index (χ1n) is 7.51. The molecule has 1 atom stereocenters. The van der Waals surface area contributed by atoms with E-state index >= 15 is 0 Å². The summed E-state index contributed by atoms with van der Waals surface area (Å²) in [6.07, 6.45) is -0.836. The van der Waals surface area contributed by atoms with Crippen molar-refractivity contribution in [2.24, 2.45) is 0 Å². The molecule has 2 aromatic rings. The Balaban J connectivity index is 1.86. The number of benzene rings is 1. The second kappa shape index (κ2) is 7.99. The van der Waals surface area contributed by atoms with E-state index in [1.807, 2.05) is 13.0 Å². The van der Waals surface area contributed by atoms with E-state index in [0.717, 1.165) is 11.3 Å². The molecule has 24 heavy (non-hydrogen) atoms. The third-order valence-corrected chi connectivity index (χ3v) is 3.88. The number of aryl methyl sites for hydroxylation is 2. The van der Waals surface area contributed by atoms with Gasteiger partial charge in [-0.1, -0.05) is 23.7 Å². The average molecular weight is 350 g/mol. The van der Waals surface area contributed by atoms with E-state index in [0.29, 0.717) is 16.1 Å². The van der Waals surface area contributed by atoms with E-state index < -0.39 is 12.1 Å². The van der Waals surface area contributed by atoms with Crippen molar-refractivity contribution in [3.8, 4) is 0 Å². The first-order chi connectivity index (χ1) is 11.4. The molecule has 2 amide bonds. The molecule has 1 aromatic heterocycles. The minimum absolute atomic E-state index is 0.0523. The van der Waals surface area contributed by atoms with Crippen molar-refractivity contribution in [1.29, 1.82) is 0 Å². The summed E-state index contributed by atoms with van der Waals surface area (Å²) in [4.78, 5) is 26.4. The molecule has 0 aliphatic carbocycles. The zero-order chi connectivity index (χ0) is 17.7. The number of amides is 2. The Morgan fingerprint density at radius 2 is 1.92 bits per heavy atom. The number of carbonyl (C=O) groups excluding carboxylic acids is 1. The Hall–Kier alpha value is -2.31. The Bertz CT molecular complexity index is 772. The summed E-state index contributed by atoms with van der Waals surface area (Å²) in [6, 6.07) is 8.13. The topological polar surface area (TPSA) is 94.2 Å². The lowest BCUT2D eigenvalue weighted by Crippen LogP contribution is -2.38. The molecule has 0 fully saturated rings. The molecule has 4 N–H and O–H groups in total. The smallest absolute Gasteiger partial charge is 0.315 e. The zero-order valence-corrected chi connectivity index (χ0v) is 14.3. The highest BCUT2D eigenvalue weighted by molar-refractivity contribution is 6.30. The third-order valence-electron chi connectivity index (χ3n) is 3.63. The number of aliphatic hydroxyl groups is 1. The second-order valence-corrected chi connectivity index (χ2v) is 6.01. The summed E-state index contributed by atoms with van der Waals surface area (Å²) >= 11 is 5.79. The first-order valence-corrected chi connectivity index (χ1v) is 7.89. The van der Waals surface area contributed by atoms with Gasteiger partial charge in [-0.05, 0) is 43.2 Å². The molecular formula is C17H20ClN3O3. The number of aromatic amines is 1. The van der Waals surface area contributed by atoms with Gasteiger partial charge in [0.2, 0.25) is 0 Å². The molecule has 0 bridgehead atoms. The van der Waals surface area contributed by atoms with E-state index in [1.54, 1.807) is 31.2 Å². The molecule has 0 unspecified atom stereocenters. The van der Waals surface area contributed by atoms with Crippen LogP contribution in [0.3, 0.4) is 0 Å². The van der Waals surface area contributed by atoms with Gasteiger partial charge < -0.3 is 20.7 Å². The quantitative estimate of drug-likeness (QED) is 0.666. The Labute approximate surface area is 144 Å². The molecule has 0 saturated heterocycles. The van der Waals surface area contributed by atoms with Gasteiger partial charge in [-0.2, -0.15) is 0 Å². The molecule has 0 saturated carbocycles. The van der Waals surface area contributed by atoms with Crippen LogP contribution in [0.5, 0.6) is 0 Å². The number of pyridine rings is 1. The van der Waals surface area contributed by atoms with Crippen molar-refractivity contribution in [1.82, 2.24) is 15.6 Å². The lowest BCUT2D eigenvalue weighted by Gasteiger charge is -2.13. The number of hydrogen-bond acceptors (Lipinski definition) is 3. The number of hydrogen-bond donors (Lipinski definition) is 4. The van der Waals surface area contributed by atoms with Crippen molar-refractivity contribution in [3.05, 3.63) is 68.1 Å². The van der Waals surface area contributed by atoms with Gasteiger partial charge in [0, 0.05) is 22.8 Å². The minimum Gasteiger partial charge on any atom is -0.387 e. The van der Waals surface area contributed by atoms with Gasteiger partial charge in [0.1, 0.15) is 0 Å². The molecular weight excluding hydrogens is 330 g/mol. The van der Waals surface area contributed by atoms with Crippen LogP contribution in [0, 0.1) is 13.8 Å². The number of H-pyrrole nitrogens is 1. The van der Waals surface area contributed by atoms with Crippen LogP contribution in [-0.2, 0) is 6.54 Å². The zero-order valence-electron chi connectivity index (χ0n) is 13.5. The van der Waals surface area contributed by atoms with E-state index in [2.05, 4.69) is 15.6 Å². The fourth-order valence-electron chi connectivity index (χ4n) is 2.32. The van der Waals surface area contributed by atoms with Gasteiger partial charge in [0.05, 0.1) is 12.6 Å². The Kier molecular flexibility index (Phi) is 6.00. The van der Waals surface area contributed by atoms with Crippen LogP contribution in [0.2, 0.25) is 5.02 Å². The van der Waals surface area contributed by atoms with E-state index in [4.69, 9.17) is 11.6 Å². The summed E-state index contributed by atoms with van der Waals surface area (Å²) in [5, 5.41) is 15.8. The van der Waals surface area contributed by atoms with Gasteiger partial charge in [0.25, 0.3) is 5.56 Å². The normalized spacial score (nSPS) is 11.8. The third kappa shape index (κ3) is 4.84. The largest absolute Gasteiger partial charge is 0.387 e. The van der Waals surface area contributed by atoms with E-state index in [1.165, 1.54) is 0 Å². The molecule has 7 heteroatoms. The highest BCUT2D eigenvalue weighted by atomic mass is 35.5. The number of halogens is 1. The number of aliphatic hydroxyl groups excluding tert-OH is 1. The van der Waals surface area contributed by atoms with Crippen LogP contribution in [0.15, 0.2) is 35.1 Å². The summed E-state index contributed by atoms with van der Waals surface area (Å²) in [5.41, 5.74) is 2.54. The van der Waals surface area contributed by atoms with Crippen LogP contribution in [-0.4, -0.2) is 22.7 Å². The van der Waals surface area contributed by atoms with Crippen molar-refractivity contribution < 1.29 is 9.90 Å². The van der Waals surface area contributed by atoms with Crippen LogP contribution in [0.4, 0.5) is 4.79 Å². The second-order valence-electron chi connectivity index (χ2n) is 5.57. The molecule has 6 nitrogen and oxygen atoms in total. The van der Waals surface area contributed by atoms with Gasteiger partial charge in [0.15, 0.2) is 0 Å². The van der Waals surface area contributed by atoms with Gasteiger partial charge >= 0.3 is 6.03 Å².